The molecule has 30 heavy (non-hydrogen) atoms. The van der Waals surface area contributed by atoms with Crippen molar-refractivity contribution >= 4 is 12.1 Å². The fourth-order valence-corrected chi connectivity index (χ4v) is 4.83. The Kier molecular flexibility index (Phi) is 4.92. The number of carbonyl (C=O) groups is 2. The predicted molar refractivity (Wildman–Crippen MR) is 107 cm³/mol. The number of hydrogen-bond acceptors (Lipinski definition) is 5. The summed E-state index contributed by atoms with van der Waals surface area (Å²) in [4.78, 5) is 26.2. The maximum absolute atomic E-state index is 13.1. The number of aliphatic carboxylic acids is 1. The number of carboxylic acid groups (broad SMARTS) is 1. The van der Waals surface area contributed by atoms with Crippen LogP contribution in [0.3, 0.4) is 0 Å². The van der Waals surface area contributed by atoms with Gasteiger partial charge >= 0.3 is 12.1 Å². The van der Waals surface area contributed by atoms with Gasteiger partial charge in [-0.3, -0.25) is 4.90 Å². The minimum absolute atomic E-state index is 0.0654. The lowest BCUT2D eigenvalue weighted by Crippen LogP contribution is -2.64. The molecule has 1 aliphatic carbocycles. The number of carboxylic acids is 1. The molecule has 156 valence electrons. The van der Waals surface area contributed by atoms with Crippen LogP contribution in [0.4, 0.5) is 4.79 Å². The molecule has 7 nitrogen and oxygen atoms in total. The van der Waals surface area contributed by atoms with E-state index in [1.165, 1.54) is 4.90 Å². The van der Waals surface area contributed by atoms with Crippen LogP contribution in [-0.2, 0) is 19.0 Å². The van der Waals surface area contributed by atoms with Gasteiger partial charge in [-0.1, -0.05) is 48.5 Å². The van der Waals surface area contributed by atoms with Gasteiger partial charge in [0.1, 0.15) is 12.7 Å². The molecule has 2 aromatic carbocycles. The quantitative estimate of drug-likeness (QED) is 0.839. The van der Waals surface area contributed by atoms with Gasteiger partial charge in [0.05, 0.1) is 19.3 Å². The molecule has 0 spiro atoms. The standard InChI is InChI=1S/C23H23NO6/c25-22(26)20-12-29-21-13-28-10-9-19(21)24(20)23(27)30-11-18-16-7-3-1-5-14(16)15-6-2-4-8-17(15)18/h1-8,18-21H,9-13H2,(H,25,26)/t19-,20?,21+/m0/s1. The topological polar surface area (TPSA) is 85.3 Å². The van der Waals surface area contributed by atoms with E-state index < -0.39 is 18.1 Å². The second-order valence-electron chi connectivity index (χ2n) is 7.87. The van der Waals surface area contributed by atoms with E-state index in [4.69, 9.17) is 14.2 Å². The molecule has 0 saturated carbocycles. The van der Waals surface area contributed by atoms with Crippen LogP contribution in [0, 0.1) is 0 Å². The number of ether oxygens (including phenoxy) is 3. The Morgan fingerprint density at radius 2 is 1.70 bits per heavy atom. The number of carbonyl (C=O) groups excluding carboxylic acids is 1. The first-order chi connectivity index (χ1) is 14.6. The summed E-state index contributed by atoms with van der Waals surface area (Å²) in [5.74, 6) is -1.16. The van der Waals surface area contributed by atoms with E-state index in [0.29, 0.717) is 19.6 Å². The van der Waals surface area contributed by atoms with Gasteiger partial charge in [0, 0.05) is 12.5 Å². The number of amides is 1. The summed E-state index contributed by atoms with van der Waals surface area (Å²) in [6.45, 7) is 0.905. The van der Waals surface area contributed by atoms with Crippen molar-refractivity contribution in [3.05, 3.63) is 59.7 Å². The first kappa shape index (κ1) is 19.1. The van der Waals surface area contributed by atoms with Crippen LogP contribution in [0.25, 0.3) is 11.1 Å². The highest BCUT2D eigenvalue weighted by Gasteiger charge is 2.46. The molecule has 2 saturated heterocycles. The zero-order valence-corrected chi connectivity index (χ0v) is 16.4. The van der Waals surface area contributed by atoms with Crippen molar-refractivity contribution in [3.63, 3.8) is 0 Å². The molecule has 1 amide bonds. The Hall–Kier alpha value is -2.90. The summed E-state index contributed by atoms with van der Waals surface area (Å²) < 4.78 is 16.8. The van der Waals surface area contributed by atoms with Gasteiger partial charge in [0.15, 0.2) is 6.04 Å². The number of fused-ring (bicyclic) bond motifs is 4. The van der Waals surface area contributed by atoms with Crippen LogP contribution in [0.2, 0.25) is 0 Å². The Morgan fingerprint density at radius 1 is 1.03 bits per heavy atom. The Morgan fingerprint density at radius 3 is 2.37 bits per heavy atom. The third-order valence-electron chi connectivity index (χ3n) is 6.26. The first-order valence-electron chi connectivity index (χ1n) is 10.2. The van der Waals surface area contributed by atoms with E-state index in [9.17, 15) is 14.7 Å². The van der Waals surface area contributed by atoms with Crippen LogP contribution in [-0.4, -0.2) is 66.7 Å². The number of benzene rings is 2. The normalized spacial score (nSPS) is 25.2. The van der Waals surface area contributed by atoms with Gasteiger partial charge in [-0.2, -0.15) is 0 Å². The second kappa shape index (κ2) is 7.74. The number of morpholine rings is 1. The van der Waals surface area contributed by atoms with Crippen molar-refractivity contribution < 1.29 is 28.9 Å². The highest BCUT2D eigenvalue weighted by molar-refractivity contribution is 5.81. The minimum atomic E-state index is -1.09. The van der Waals surface area contributed by atoms with Crippen molar-refractivity contribution in [1.29, 1.82) is 0 Å². The zero-order valence-electron chi connectivity index (χ0n) is 16.4. The summed E-state index contributed by atoms with van der Waals surface area (Å²) in [5.41, 5.74) is 4.53. The van der Waals surface area contributed by atoms with E-state index in [0.717, 1.165) is 22.3 Å². The molecule has 0 aromatic heterocycles. The Bertz CT molecular complexity index is 930. The molecule has 1 N–H and O–H groups in total. The molecule has 5 rings (SSSR count). The van der Waals surface area contributed by atoms with Crippen molar-refractivity contribution in [2.45, 2.75) is 30.5 Å². The van der Waals surface area contributed by atoms with Crippen LogP contribution in [0.1, 0.15) is 23.5 Å². The fraction of sp³-hybridized carbons (Fsp3) is 0.391. The van der Waals surface area contributed by atoms with Gasteiger partial charge in [0.25, 0.3) is 0 Å². The van der Waals surface area contributed by atoms with Gasteiger partial charge in [0.2, 0.25) is 0 Å². The number of nitrogens with zero attached hydrogens (tertiary/aromatic N) is 1. The van der Waals surface area contributed by atoms with Crippen molar-refractivity contribution in [2.24, 2.45) is 0 Å². The lowest BCUT2D eigenvalue weighted by atomic mass is 9.98. The molecule has 2 heterocycles. The summed E-state index contributed by atoms with van der Waals surface area (Å²) in [5, 5.41) is 9.63. The predicted octanol–water partition coefficient (Wildman–Crippen LogP) is 2.88. The molecule has 1 unspecified atom stereocenters. The molecule has 3 atom stereocenters. The smallest absolute Gasteiger partial charge is 0.410 e. The van der Waals surface area contributed by atoms with Crippen molar-refractivity contribution in [2.75, 3.05) is 26.4 Å². The molecule has 2 aliphatic heterocycles. The van der Waals surface area contributed by atoms with E-state index in [2.05, 4.69) is 24.3 Å². The Balaban J connectivity index is 1.38. The van der Waals surface area contributed by atoms with Crippen LogP contribution >= 0.6 is 0 Å². The van der Waals surface area contributed by atoms with Crippen LogP contribution < -0.4 is 0 Å². The van der Waals surface area contributed by atoms with Crippen molar-refractivity contribution in [1.82, 2.24) is 4.90 Å². The van der Waals surface area contributed by atoms with E-state index in [1.54, 1.807) is 0 Å². The molecule has 2 aromatic rings. The third kappa shape index (κ3) is 3.14. The monoisotopic (exact) mass is 409 g/mol. The Labute approximate surface area is 174 Å². The van der Waals surface area contributed by atoms with Gasteiger partial charge in [-0.25, -0.2) is 9.59 Å². The highest BCUT2D eigenvalue weighted by atomic mass is 16.6. The summed E-state index contributed by atoms with van der Waals surface area (Å²) >= 11 is 0. The van der Waals surface area contributed by atoms with Gasteiger partial charge in [-0.05, 0) is 28.7 Å². The van der Waals surface area contributed by atoms with Crippen LogP contribution in [0.15, 0.2) is 48.5 Å². The molecular formula is C23H23NO6. The number of rotatable bonds is 3. The summed E-state index contributed by atoms with van der Waals surface area (Å²) in [6.07, 6.45) is -0.405. The highest BCUT2D eigenvalue weighted by Crippen LogP contribution is 2.44. The fourth-order valence-electron chi connectivity index (χ4n) is 4.83. The largest absolute Gasteiger partial charge is 0.480 e. The maximum atomic E-state index is 13.1. The zero-order chi connectivity index (χ0) is 20.7. The molecule has 3 aliphatic rings. The van der Waals surface area contributed by atoms with Gasteiger partial charge < -0.3 is 19.3 Å². The molecular weight excluding hydrogens is 386 g/mol. The molecule has 2 fully saturated rings. The second-order valence-corrected chi connectivity index (χ2v) is 7.87. The minimum Gasteiger partial charge on any atom is -0.480 e. The first-order valence-corrected chi connectivity index (χ1v) is 10.2. The summed E-state index contributed by atoms with van der Waals surface area (Å²) in [7, 11) is 0. The summed E-state index contributed by atoms with van der Waals surface area (Å²) in [6, 6.07) is 14.8. The average molecular weight is 409 g/mol. The lowest BCUT2D eigenvalue weighted by molar-refractivity contribution is -0.172. The van der Waals surface area contributed by atoms with E-state index in [-0.39, 0.29) is 31.3 Å². The maximum Gasteiger partial charge on any atom is 0.410 e. The van der Waals surface area contributed by atoms with Gasteiger partial charge in [-0.15, -0.1) is 0 Å². The SMILES string of the molecule is O=C(O)C1CO[C@@H]2COCC[C@@H]2N1C(=O)OCC1c2ccccc2-c2ccccc21. The number of hydrogen-bond donors (Lipinski definition) is 1. The van der Waals surface area contributed by atoms with E-state index >= 15 is 0 Å². The van der Waals surface area contributed by atoms with Crippen LogP contribution in [0.5, 0.6) is 0 Å². The molecule has 0 radical (unpaired) electrons. The lowest BCUT2D eigenvalue weighted by Gasteiger charge is -2.45. The van der Waals surface area contributed by atoms with E-state index in [1.807, 2.05) is 24.3 Å². The third-order valence-corrected chi connectivity index (χ3v) is 6.26. The molecule has 7 heteroatoms. The molecule has 0 bridgehead atoms. The average Bonchev–Trinajstić information content (AvgIpc) is 3.10. The van der Waals surface area contributed by atoms with Crippen molar-refractivity contribution in [3.8, 4) is 11.1 Å².